The van der Waals surface area contributed by atoms with Gasteiger partial charge in [0.15, 0.2) is 0 Å². The summed E-state index contributed by atoms with van der Waals surface area (Å²) in [5.41, 5.74) is 16.0. The van der Waals surface area contributed by atoms with Crippen molar-refractivity contribution >= 4 is 68.2 Å². The molecule has 3 heteroatoms. The van der Waals surface area contributed by atoms with Crippen LogP contribution in [0.3, 0.4) is 0 Å². The molecule has 2 heterocycles. The first-order valence-electron chi connectivity index (χ1n) is 23.7. The summed E-state index contributed by atoms with van der Waals surface area (Å²) in [7, 11) is 0. The van der Waals surface area contributed by atoms with Crippen LogP contribution in [0.1, 0.15) is 76.5 Å². The van der Waals surface area contributed by atoms with Crippen LogP contribution < -0.4 is 16.4 Å². The van der Waals surface area contributed by atoms with Crippen molar-refractivity contribution in [3.8, 4) is 33.4 Å². The van der Waals surface area contributed by atoms with Crippen LogP contribution in [0.5, 0.6) is 0 Å². The standard InChI is InChI=1S/C62H53BS2/c1-61(2,44-22-10-6-11-23-44)46-32-33-53-55(39-46)65-57-38-42(37-56-60(57)63(53)52-30-18-19-31-54(52)64-56)41-34-43(36-47(35-41)62(3,4)45-24-12-7-13-25-45)59-50-28-16-14-26-48(50)58(40-20-8-5-9-21-40)49-27-15-17-29-51(49)59/h5,7-9,12-21,24-39,44H,6,10-11,22-23H2,1-4H3. The Morgan fingerprint density at radius 1 is 0.400 bits per heavy atom. The fourth-order valence-electron chi connectivity index (χ4n) is 11.7. The van der Waals surface area contributed by atoms with Gasteiger partial charge in [-0.05, 0) is 132 Å². The first kappa shape index (κ1) is 40.8. The number of fused-ring (bicyclic) bond motifs is 6. The molecule has 316 valence electrons. The zero-order valence-electron chi connectivity index (χ0n) is 37.8. The average molecular weight is 873 g/mol. The first-order chi connectivity index (χ1) is 31.7. The minimum absolute atomic E-state index is 0.139. The molecule has 0 amide bonds. The topological polar surface area (TPSA) is 0 Å². The Labute approximate surface area is 394 Å². The molecule has 0 radical (unpaired) electrons. The second-order valence-electron chi connectivity index (χ2n) is 19.9. The summed E-state index contributed by atoms with van der Waals surface area (Å²) in [5.74, 6) is 0.727. The molecule has 2 aliphatic heterocycles. The van der Waals surface area contributed by atoms with Gasteiger partial charge in [0.05, 0.1) is 0 Å². The van der Waals surface area contributed by atoms with Gasteiger partial charge < -0.3 is 0 Å². The van der Waals surface area contributed by atoms with Gasteiger partial charge in [-0.2, -0.15) is 0 Å². The van der Waals surface area contributed by atoms with Crippen LogP contribution in [0, 0.1) is 5.92 Å². The Balaban J connectivity index is 1.08. The summed E-state index contributed by atoms with van der Waals surface area (Å²) in [6.07, 6.45) is 6.78. The smallest absolute Gasteiger partial charge is 0.0911 e. The van der Waals surface area contributed by atoms with E-state index in [9.17, 15) is 0 Å². The van der Waals surface area contributed by atoms with Gasteiger partial charge in [-0.3, -0.25) is 0 Å². The third-order valence-corrected chi connectivity index (χ3v) is 17.8. The fraction of sp³-hybridized carbons (Fsp3) is 0.194. The van der Waals surface area contributed by atoms with Gasteiger partial charge in [0, 0.05) is 25.0 Å². The van der Waals surface area contributed by atoms with Crippen LogP contribution in [-0.2, 0) is 10.8 Å². The molecule has 0 saturated heterocycles. The van der Waals surface area contributed by atoms with Crippen LogP contribution in [0.15, 0.2) is 202 Å². The summed E-state index contributed by atoms with van der Waals surface area (Å²) in [5, 5.41) is 5.12. The van der Waals surface area contributed by atoms with E-state index in [1.54, 1.807) is 0 Å². The maximum Gasteiger partial charge on any atom is 0.247 e. The normalized spacial score (nSPS) is 14.9. The number of hydrogen-bond acceptors (Lipinski definition) is 2. The van der Waals surface area contributed by atoms with Gasteiger partial charge in [-0.1, -0.05) is 233 Å². The summed E-state index contributed by atoms with van der Waals surface area (Å²) >= 11 is 3.96. The molecule has 9 aromatic carbocycles. The van der Waals surface area contributed by atoms with E-state index in [-0.39, 0.29) is 17.5 Å². The lowest BCUT2D eigenvalue weighted by atomic mass is 9.36. The van der Waals surface area contributed by atoms with E-state index in [1.165, 1.54) is 140 Å². The summed E-state index contributed by atoms with van der Waals surface area (Å²) in [4.78, 5) is 5.56. The molecule has 0 unspecified atom stereocenters. The van der Waals surface area contributed by atoms with E-state index >= 15 is 0 Å². The minimum Gasteiger partial charge on any atom is -0.0911 e. The largest absolute Gasteiger partial charge is 0.247 e. The van der Waals surface area contributed by atoms with Crippen LogP contribution in [-0.4, -0.2) is 6.71 Å². The van der Waals surface area contributed by atoms with Gasteiger partial charge in [0.2, 0.25) is 6.71 Å². The molecule has 0 N–H and O–H groups in total. The SMILES string of the molecule is CC(C)(c1ccccc1)c1cc(-c2cc3c4c(c2)Sc2cc(C(C)(C)C5CCCCC5)ccc2B4c2ccccc2S3)cc(-c2c3ccccc3c(-c3ccccc3)c3ccccc23)c1. The summed E-state index contributed by atoms with van der Waals surface area (Å²) in [6, 6.07) is 69.5. The van der Waals surface area contributed by atoms with E-state index < -0.39 is 0 Å². The molecule has 9 aromatic rings. The van der Waals surface area contributed by atoms with Crippen LogP contribution >= 0.6 is 23.5 Å². The predicted molar refractivity (Wildman–Crippen MR) is 282 cm³/mol. The quantitative estimate of drug-likeness (QED) is 0.116. The third kappa shape index (κ3) is 6.84. The summed E-state index contributed by atoms with van der Waals surface area (Å²) < 4.78 is 0. The maximum atomic E-state index is 2.59. The van der Waals surface area contributed by atoms with Gasteiger partial charge >= 0.3 is 0 Å². The molecular weight excluding hydrogens is 820 g/mol. The number of benzene rings is 9. The van der Waals surface area contributed by atoms with Gasteiger partial charge in [0.1, 0.15) is 0 Å². The van der Waals surface area contributed by atoms with Crippen molar-refractivity contribution in [3.05, 3.63) is 199 Å². The minimum atomic E-state index is -0.252. The Hall–Kier alpha value is -5.74. The lowest BCUT2D eigenvalue weighted by Crippen LogP contribution is -2.58. The van der Waals surface area contributed by atoms with Crippen molar-refractivity contribution in [3.63, 3.8) is 0 Å². The van der Waals surface area contributed by atoms with E-state index in [0.717, 1.165) is 5.92 Å². The van der Waals surface area contributed by atoms with Gasteiger partial charge in [-0.25, -0.2) is 0 Å². The van der Waals surface area contributed by atoms with Crippen molar-refractivity contribution in [2.45, 2.75) is 90.2 Å². The van der Waals surface area contributed by atoms with E-state index in [0.29, 0.717) is 0 Å². The first-order valence-corrected chi connectivity index (χ1v) is 25.3. The fourth-order valence-corrected chi connectivity index (χ4v) is 14.3. The van der Waals surface area contributed by atoms with Crippen molar-refractivity contribution in [1.29, 1.82) is 0 Å². The predicted octanol–water partition coefficient (Wildman–Crippen LogP) is 15.6. The van der Waals surface area contributed by atoms with Gasteiger partial charge in [0.25, 0.3) is 0 Å². The Bertz CT molecular complexity index is 3250. The summed E-state index contributed by atoms with van der Waals surface area (Å²) in [6.45, 7) is 10.0. The zero-order chi connectivity index (χ0) is 43.9. The molecule has 0 nitrogen and oxygen atoms in total. The molecular formula is C62H53BS2. The lowest BCUT2D eigenvalue weighted by molar-refractivity contribution is 0.236. The highest BCUT2D eigenvalue weighted by Crippen LogP contribution is 2.48. The molecule has 0 spiro atoms. The molecule has 1 saturated carbocycles. The molecule has 1 aliphatic carbocycles. The Morgan fingerprint density at radius 3 is 1.58 bits per heavy atom. The second kappa shape index (κ2) is 16.0. The molecule has 0 bridgehead atoms. The highest BCUT2D eigenvalue weighted by atomic mass is 32.2. The molecule has 0 atom stereocenters. The second-order valence-corrected chi connectivity index (χ2v) is 22.0. The van der Waals surface area contributed by atoms with E-state index in [2.05, 4.69) is 210 Å². The monoisotopic (exact) mass is 872 g/mol. The van der Waals surface area contributed by atoms with Gasteiger partial charge in [-0.15, -0.1) is 0 Å². The molecule has 12 rings (SSSR count). The van der Waals surface area contributed by atoms with Crippen LogP contribution in [0.25, 0.3) is 54.9 Å². The molecule has 3 aliphatic rings. The highest BCUT2D eigenvalue weighted by molar-refractivity contribution is 8.01. The maximum absolute atomic E-state index is 2.59. The third-order valence-electron chi connectivity index (χ3n) is 15.5. The lowest BCUT2D eigenvalue weighted by Gasteiger charge is -2.39. The van der Waals surface area contributed by atoms with Crippen LogP contribution in [0.4, 0.5) is 0 Å². The molecule has 0 aromatic heterocycles. The zero-order valence-corrected chi connectivity index (χ0v) is 39.5. The molecule has 1 fully saturated rings. The van der Waals surface area contributed by atoms with Crippen molar-refractivity contribution in [2.24, 2.45) is 5.92 Å². The van der Waals surface area contributed by atoms with Crippen molar-refractivity contribution in [1.82, 2.24) is 0 Å². The van der Waals surface area contributed by atoms with Crippen LogP contribution in [0.2, 0.25) is 0 Å². The van der Waals surface area contributed by atoms with E-state index in [4.69, 9.17) is 0 Å². The number of rotatable bonds is 7. The molecule has 65 heavy (non-hydrogen) atoms. The Kier molecular flexibility index (Phi) is 10.0. The highest BCUT2D eigenvalue weighted by Gasteiger charge is 2.40. The van der Waals surface area contributed by atoms with E-state index in [1.807, 2.05) is 23.5 Å². The van der Waals surface area contributed by atoms with Crippen molar-refractivity contribution in [2.75, 3.05) is 0 Å². The average Bonchev–Trinajstić information content (AvgIpc) is 3.35. The number of hydrogen-bond donors (Lipinski definition) is 0. The van der Waals surface area contributed by atoms with Crippen molar-refractivity contribution < 1.29 is 0 Å². The Morgan fingerprint density at radius 2 is 0.923 bits per heavy atom.